The first-order valence-electron chi connectivity index (χ1n) is 7.21. The smallest absolute Gasteiger partial charge is 0.319 e. The molecule has 1 aromatic carbocycles. The maximum absolute atomic E-state index is 11.7. The minimum atomic E-state index is -0.257. The van der Waals surface area contributed by atoms with Crippen LogP contribution in [0.2, 0.25) is 5.02 Å². The lowest BCUT2D eigenvalue weighted by atomic mass is 10.3. The van der Waals surface area contributed by atoms with E-state index in [0.717, 1.165) is 17.3 Å². The van der Waals surface area contributed by atoms with Crippen molar-refractivity contribution in [2.45, 2.75) is 19.4 Å². The Kier molecular flexibility index (Phi) is 6.67. The van der Waals surface area contributed by atoms with Crippen LogP contribution in [-0.2, 0) is 6.54 Å². The van der Waals surface area contributed by atoms with E-state index in [1.807, 2.05) is 0 Å². The molecule has 0 radical (unpaired) electrons. The molecule has 2 N–H and O–H groups in total. The van der Waals surface area contributed by atoms with Crippen molar-refractivity contribution in [3.05, 3.63) is 62.4 Å². The molecule has 0 atom stereocenters. The number of aromatic nitrogens is 1. The minimum Gasteiger partial charge on any atom is -0.338 e. The molecular formula is C16H17BrClN3O2. The number of rotatable bonds is 6. The van der Waals surface area contributed by atoms with Gasteiger partial charge in [-0.2, -0.15) is 0 Å². The van der Waals surface area contributed by atoms with Gasteiger partial charge in [-0.05, 0) is 59.1 Å². The van der Waals surface area contributed by atoms with Gasteiger partial charge in [0.25, 0.3) is 5.56 Å². The quantitative estimate of drug-likeness (QED) is 0.726. The highest BCUT2D eigenvalue weighted by atomic mass is 79.9. The number of aryl methyl sites for hydroxylation is 1. The second-order valence-corrected chi connectivity index (χ2v) is 6.33. The SMILES string of the molecule is O=C(NCCCCn1cc(Br)ccc1=O)Nc1ccc(Cl)cc1. The number of anilines is 1. The molecule has 0 fully saturated rings. The molecule has 1 aromatic heterocycles. The maximum atomic E-state index is 11.7. The van der Waals surface area contributed by atoms with Crippen LogP contribution in [-0.4, -0.2) is 17.1 Å². The molecule has 2 amide bonds. The van der Waals surface area contributed by atoms with Gasteiger partial charge in [0.15, 0.2) is 0 Å². The van der Waals surface area contributed by atoms with Gasteiger partial charge in [0.05, 0.1) is 0 Å². The number of benzene rings is 1. The predicted molar refractivity (Wildman–Crippen MR) is 96.1 cm³/mol. The third-order valence-electron chi connectivity index (χ3n) is 3.16. The van der Waals surface area contributed by atoms with E-state index in [9.17, 15) is 9.59 Å². The van der Waals surface area contributed by atoms with Crippen LogP contribution in [0.5, 0.6) is 0 Å². The largest absolute Gasteiger partial charge is 0.338 e. The number of carbonyl (C=O) groups excluding carboxylic acids is 1. The molecule has 7 heteroatoms. The van der Waals surface area contributed by atoms with Gasteiger partial charge in [-0.25, -0.2) is 4.79 Å². The number of carbonyl (C=O) groups is 1. The molecule has 0 bridgehead atoms. The number of halogens is 2. The van der Waals surface area contributed by atoms with E-state index in [1.165, 1.54) is 6.07 Å². The Bertz CT molecular complexity index is 716. The number of hydrogen-bond acceptors (Lipinski definition) is 2. The van der Waals surface area contributed by atoms with Gasteiger partial charge in [-0.3, -0.25) is 4.79 Å². The van der Waals surface area contributed by atoms with Crippen molar-refractivity contribution in [3.8, 4) is 0 Å². The molecule has 1 heterocycles. The standard InChI is InChI=1S/C16H17BrClN3O2/c17-12-3-8-15(22)21(11-12)10-2-1-9-19-16(23)20-14-6-4-13(18)5-7-14/h3-8,11H,1-2,9-10H2,(H2,19,20,23). The molecule has 0 unspecified atom stereocenters. The Morgan fingerprint density at radius 3 is 2.61 bits per heavy atom. The zero-order valence-electron chi connectivity index (χ0n) is 12.4. The molecule has 122 valence electrons. The molecule has 0 saturated carbocycles. The van der Waals surface area contributed by atoms with Crippen molar-refractivity contribution in [2.75, 3.05) is 11.9 Å². The second kappa shape index (κ2) is 8.74. The Balaban J connectivity index is 1.67. The van der Waals surface area contributed by atoms with E-state index in [0.29, 0.717) is 23.8 Å². The summed E-state index contributed by atoms with van der Waals surface area (Å²) in [6.07, 6.45) is 3.35. The Hall–Kier alpha value is -1.79. The summed E-state index contributed by atoms with van der Waals surface area (Å²) in [5, 5.41) is 6.13. The van der Waals surface area contributed by atoms with Crippen LogP contribution in [0.4, 0.5) is 10.5 Å². The topological polar surface area (TPSA) is 63.1 Å². The van der Waals surface area contributed by atoms with Crippen molar-refractivity contribution in [2.24, 2.45) is 0 Å². The number of hydrogen-bond donors (Lipinski definition) is 2. The second-order valence-electron chi connectivity index (χ2n) is 4.97. The van der Waals surface area contributed by atoms with E-state index in [2.05, 4.69) is 26.6 Å². The summed E-state index contributed by atoms with van der Waals surface area (Å²) >= 11 is 9.12. The lowest BCUT2D eigenvalue weighted by molar-refractivity contribution is 0.252. The first-order valence-corrected chi connectivity index (χ1v) is 8.38. The van der Waals surface area contributed by atoms with E-state index < -0.39 is 0 Å². The van der Waals surface area contributed by atoms with Gasteiger partial charge in [-0.15, -0.1) is 0 Å². The number of pyridine rings is 1. The highest BCUT2D eigenvalue weighted by molar-refractivity contribution is 9.10. The summed E-state index contributed by atoms with van der Waals surface area (Å²) in [5.74, 6) is 0. The molecule has 0 aliphatic rings. The summed E-state index contributed by atoms with van der Waals surface area (Å²) in [6.45, 7) is 1.17. The highest BCUT2D eigenvalue weighted by Gasteiger charge is 2.01. The highest BCUT2D eigenvalue weighted by Crippen LogP contribution is 2.13. The van der Waals surface area contributed by atoms with Crippen molar-refractivity contribution < 1.29 is 4.79 Å². The lowest BCUT2D eigenvalue weighted by Gasteiger charge is -2.08. The van der Waals surface area contributed by atoms with Crippen LogP contribution in [0.25, 0.3) is 0 Å². The average molecular weight is 399 g/mol. The van der Waals surface area contributed by atoms with Gasteiger partial charge in [0, 0.05) is 40.5 Å². The van der Waals surface area contributed by atoms with Gasteiger partial charge in [0.1, 0.15) is 0 Å². The first-order chi connectivity index (χ1) is 11.0. The molecular weight excluding hydrogens is 382 g/mol. The van der Waals surface area contributed by atoms with Crippen LogP contribution in [0.1, 0.15) is 12.8 Å². The summed E-state index contributed by atoms with van der Waals surface area (Å²) < 4.78 is 2.52. The summed E-state index contributed by atoms with van der Waals surface area (Å²) in [5.41, 5.74) is 0.661. The average Bonchev–Trinajstić information content (AvgIpc) is 2.52. The molecule has 2 rings (SSSR count). The molecule has 0 spiro atoms. The van der Waals surface area contributed by atoms with E-state index in [4.69, 9.17) is 11.6 Å². The fourth-order valence-electron chi connectivity index (χ4n) is 1.99. The fourth-order valence-corrected chi connectivity index (χ4v) is 2.50. The molecule has 0 saturated heterocycles. The number of nitrogens with zero attached hydrogens (tertiary/aromatic N) is 1. The minimum absolute atomic E-state index is 0.0263. The summed E-state index contributed by atoms with van der Waals surface area (Å²) in [4.78, 5) is 23.3. The Morgan fingerprint density at radius 2 is 1.87 bits per heavy atom. The molecule has 23 heavy (non-hydrogen) atoms. The normalized spacial score (nSPS) is 10.3. The summed E-state index contributed by atoms with van der Waals surface area (Å²) in [7, 11) is 0. The zero-order valence-corrected chi connectivity index (χ0v) is 14.7. The van der Waals surface area contributed by atoms with Crippen molar-refractivity contribution in [1.82, 2.24) is 9.88 Å². The predicted octanol–water partition coefficient (Wildman–Crippen LogP) is 3.87. The van der Waals surface area contributed by atoms with E-state index in [-0.39, 0.29) is 11.6 Å². The van der Waals surface area contributed by atoms with Crippen molar-refractivity contribution >= 4 is 39.2 Å². The molecule has 2 aromatic rings. The van der Waals surface area contributed by atoms with Crippen LogP contribution >= 0.6 is 27.5 Å². The maximum Gasteiger partial charge on any atom is 0.319 e. The monoisotopic (exact) mass is 397 g/mol. The van der Waals surface area contributed by atoms with Gasteiger partial charge < -0.3 is 15.2 Å². The molecule has 5 nitrogen and oxygen atoms in total. The number of nitrogens with one attached hydrogen (secondary N) is 2. The number of urea groups is 1. The summed E-state index contributed by atoms with van der Waals surface area (Å²) in [6, 6.07) is 9.90. The van der Waals surface area contributed by atoms with Crippen LogP contribution in [0, 0.1) is 0 Å². The first kappa shape index (κ1) is 17.6. The van der Waals surface area contributed by atoms with Gasteiger partial charge >= 0.3 is 6.03 Å². The van der Waals surface area contributed by atoms with Crippen LogP contribution in [0.3, 0.4) is 0 Å². The zero-order chi connectivity index (χ0) is 16.7. The Labute approximate surface area is 147 Å². The molecule has 0 aliphatic heterocycles. The van der Waals surface area contributed by atoms with Crippen LogP contribution < -0.4 is 16.2 Å². The van der Waals surface area contributed by atoms with E-state index in [1.54, 1.807) is 41.1 Å². The Morgan fingerprint density at radius 1 is 1.13 bits per heavy atom. The third-order valence-corrected chi connectivity index (χ3v) is 3.88. The molecule has 0 aliphatic carbocycles. The fraction of sp³-hybridized carbons (Fsp3) is 0.250. The van der Waals surface area contributed by atoms with E-state index >= 15 is 0 Å². The van der Waals surface area contributed by atoms with Crippen LogP contribution in [0.15, 0.2) is 51.9 Å². The number of amides is 2. The lowest BCUT2D eigenvalue weighted by Crippen LogP contribution is -2.29. The third kappa shape index (κ3) is 6.08. The van der Waals surface area contributed by atoms with Crippen molar-refractivity contribution in [3.63, 3.8) is 0 Å². The van der Waals surface area contributed by atoms with Gasteiger partial charge in [0.2, 0.25) is 0 Å². The van der Waals surface area contributed by atoms with Crippen molar-refractivity contribution in [1.29, 1.82) is 0 Å². The van der Waals surface area contributed by atoms with Gasteiger partial charge in [-0.1, -0.05) is 11.6 Å². The number of unbranched alkanes of at least 4 members (excludes halogenated alkanes) is 1.